The van der Waals surface area contributed by atoms with E-state index in [2.05, 4.69) is 22.2 Å². The van der Waals surface area contributed by atoms with Crippen LogP contribution in [0.1, 0.15) is 18.4 Å². The zero-order valence-electron chi connectivity index (χ0n) is 14.8. The van der Waals surface area contributed by atoms with E-state index in [4.69, 9.17) is 0 Å². The first-order valence-corrected chi connectivity index (χ1v) is 10.9. The van der Waals surface area contributed by atoms with Crippen molar-refractivity contribution in [2.45, 2.75) is 29.1 Å². The lowest BCUT2D eigenvalue weighted by atomic mass is 10.1. The van der Waals surface area contributed by atoms with Crippen LogP contribution in [0.3, 0.4) is 0 Å². The van der Waals surface area contributed by atoms with E-state index in [1.807, 2.05) is 18.2 Å². The number of thioether (sulfide) groups is 1. The first-order valence-electron chi connectivity index (χ1n) is 8.48. The Labute approximate surface area is 159 Å². The lowest BCUT2D eigenvalue weighted by Crippen LogP contribution is -2.25. The summed E-state index contributed by atoms with van der Waals surface area (Å²) >= 11 is 1.78. The molecule has 0 heterocycles. The summed E-state index contributed by atoms with van der Waals surface area (Å²) in [5.74, 6) is 0.979. The van der Waals surface area contributed by atoms with Gasteiger partial charge in [-0.05, 0) is 55.5 Å². The van der Waals surface area contributed by atoms with Crippen LogP contribution in [0.4, 0.5) is 0 Å². The topological polar surface area (TPSA) is 75.3 Å². The minimum absolute atomic E-state index is 0.0154. The predicted molar refractivity (Wildman–Crippen MR) is 106 cm³/mol. The highest BCUT2D eigenvalue weighted by Crippen LogP contribution is 2.17. The van der Waals surface area contributed by atoms with Crippen molar-refractivity contribution in [3.05, 3.63) is 60.2 Å². The van der Waals surface area contributed by atoms with Gasteiger partial charge in [0.2, 0.25) is 15.9 Å². The second-order valence-corrected chi connectivity index (χ2v) is 8.77. The smallest absolute Gasteiger partial charge is 0.240 e. The fourth-order valence-electron chi connectivity index (χ4n) is 2.31. The third kappa shape index (κ3) is 6.82. The van der Waals surface area contributed by atoms with Crippen LogP contribution in [0.2, 0.25) is 0 Å². The molecule has 0 aliphatic rings. The van der Waals surface area contributed by atoms with Gasteiger partial charge in [0.15, 0.2) is 0 Å². The van der Waals surface area contributed by atoms with E-state index >= 15 is 0 Å². The highest BCUT2D eigenvalue weighted by atomic mass is 32.2. The molecule has 0 saturated carbocycles. The monoisotopic (exact) mass is 392 g/mol. The summed E-state index contributed by atoms with van der Waals surface area (Å²) in [4.78, 5) is 13.4. The molecule has 0 spiro atoms. The van der Waals surface area contributed by atoms with Crippen molar-refractivity contribution in [3.8, 4) is 0 Å². The van der Waals surface area contributed by atoms with E-state index in [0.29, 0.717) is 19.4 Å². The van der Waals surface area contributed by atoms with Crippen LogP contribution in [0, 0.1) is 0 Å². The average molecular weight is 393 g/mol. The van der Waals surface area contributed by atoms with Crippen molar-refractivity contribution in [2.75, 3.05) is 19.3 Å². The molecule has 0 atom stereocenters. The first-order chi connectivity index (χ1) is 12.5. The molecule has 0 aromatic heterocycles. The van der Waals surface area contributed by atoms with Gasteiger partial charge >= 0.3 is 0 Å². The Balaban J connectivity index is 1.64. The zero-order valence-corrected chi connectivity index (χ0v) is 16.4. The Bertz CT molecular complexity index is 791. The molecule has 2 rings (SSSR count). The molecule has 1 amide bonds. The van der Waals surface area contributed by atoms with Crippen molar-refractivity contribution in [1.82, 2.24) is 10.0 Å². The molecule has 5 nitrogen and oxygen atoms in total. The number of benzene rings is 2. The summed E-state index contributed by atoms with van der Waals surface area (Å²) in [6.07, 6.45) is 1.90. The van der Waals surface area contributed by atoms with E-state index in [0.717, 1.165) is 17.7 Å². The van der Waals surface area contributed by atoms with Crippen LogP contribution in [-0.2, 0) is 21.2 Å². The number of hydrogen-bond donors (Lipinski definition) is 2. The second kappa shape index (κ2) is 10.4. The first kappa shape index (κ1) is 20.5. The van der Waals surface area contributed by atoms with Crippen molar-refractivity contribution in [1.29, 1.82) is 0 Å². The molecule has 2 aromatic rings. The third-order valence-corrected chi connectivity index (χ3v) is 6.33. The molecular weight excluding hydrogens is 368 g/mol. The highest BCUT2D eigenvalue weighted by Gasteiger charge is 2.10. The van der Waals surface area contributed by atoms with Crippen molar-refractivity contribution >= 4 is 27.7 Å². The summed E-state index contributed by atoms with van der Waals surface area (Å²) in [5, 5.41) is 2.93. The lowest BCUT2D eigenvalue weighted by Gasteiger charge is -2.07. The molecule has 0 radical (unpaired) electrons. The van der Waals surface area contributed by atoms with Crippen molar-refractivity contribution in [3.63, 3.8) is 0 Å². The van der Waals surface area contributed by atoms with Gasteiger partial charge in [-0.3, -0.25) is 4.79 Å². The Morgan fingerprint density at radius 3 is 2.38 bits per heavy atom. The van der Waals surface area contributed by atoms with Crippen LogP contribution in [-0.4, -0.2) is 33.7 Å². The number of hydrogen-bond acceptors (Lipinski definition) is 4. The quantitative estimate of drug-likeness (QED) is 0.482. The Hall–Kier alpha value is -1.83. The van der Waals surface area contributed by atoms with E-state index < -0.39 is 10.0 Å². The van der Waals surface area contributed by atoms with Gasteiger partial charge in [0.25, 0.3) is 0 Å². The molecule has 26 heavy (non-hydrogen) atoms. The minimum Gasteiger partial charge on any atom is -0.356 e. The summed E-state index contributed by atoms with van der Waals surface area (Å²) in [5.41, 5.74) is 0.940. The average Bonchev–Trinajstić information content (AvgIpc) is 2.67. The van der Waals surface area contributed by atoms with E-state index in [-0.39, 0.29) is 10.8 Å². The number of rotatable bonds is 10. The molecule has 0 aliphatic carbocycles. The maximum absolute atomic E-state index is 11.9. The Kier molecular flexibility index (Phi) is 8.15. The summed E-state index contributed by atoms with van der Waals surface area (Å²) in [7, 11) is -2.03. The number of amides is 1. The maximum atomic E-state index is 11.9. The molecule has 7 heteroatoms. The van der Waals surface area contributed by atoms with E-state index in [1.165, 1.54) is 11.9 Å². The fraction of sp³-hybridized carbons (Fsp3) is 0.316. The lowest BCUT2D eigenvalue weighted by molar-refractivity contribution is -0.121. The van der Waals surface area contributed by atoms with E-state index in [1.54, 1.807) is 36.0 Å². The van der Waals surface area contributed by atoms with Crippen LogP contribution < -0.4 is 10.0 Å². The van der Waals surface area contributed by atoms with E-state index in [9.17, 15) is 13.2 Å². The fourth-order valence-corrected chi connectivity index (χ4v) is 3.91. The Morgan fingerprint density at radius 1 is 1.04 bits per heavy atom. The SMILES string of the molecule is CNS(=O)(=O)c1ccc(CCC(=O)NCCCSc2ccccc2)cc1. The van der Waals surface area contributed by atoms with Gasteiger partial charge in [0.05, 0.1) is 4.90 Å². The zero-order chi connectivity index (χ0) is 18.8. The summed E-state index contributed by atoms with van der Waals surface area (Å²) < 4.78 is 25.6. The summed E-state index contributed by atoms with van der Waals surface area (Å²) in [6, 6.07) is 16.8. The molecule has 140 valence electrons. The van der Waals surface area contributed by atoms with Crippen LogP contribution >= 0.6 is 11.8 Å². The standard InChI is InChI=1S/C19H24N2O3S2/c1-20-26(23,24)18-11-8-16(9-12-18)10-13-19(22)21-14-5-15-25-17-6-3-2-4-7-17/h2-4,6-9,11-12,20H,5,10,13-15H2,1H3,(H,21,22). The second-order valence-electron chi connectivity index (χ2n) is 5.72. The molecule has 0 aliphatic heterocycles. The molecule has 2 aromatic carbocycles. The molecular formula is C19H24N2O3S2. The van der Waals surface area contributed by atoms with Crippen LogP contribution in [0.25, 0.3) is 0 Å². The van der Waals surface area contributed by atoms with Gasteiger partial charge in [-0.2, -0.15) is 0 Å². The summed E-state index contributed by atoms with van der Waals surface area (Å²) in [6.45, 7) is 0.665. The molecule has 0 unspecified atom stereocenters. The van der Waals surface area contributed by atoms with Crippen molar-refractivity contribution < 1.29 is 13.2 Å². The Morgan fingerprint density at radius 2 is 1.73 bits per heavy atom. The molecule has 0 fully saturated rings. The predicted octanol–water partition coefficient (Wildman–Crippen LogP) is 2.83. The van der Waals surface area contributed by atoms with Crippen LogP contribution in [0.15, 0.2) is 64.4 Å². The van der Waals surface area contributed by atoms with Gasteiger partial charge in [0.1, 0.15) is 0 Å². The molecule has 0 bridgehead atoms. The van der Waals surface area contributed by atoms with Gasteiger partial charge in [-0.1, -0.05) is 30.3 Å². The maximum Gasteiger partial charge on any atom is 0.240 e. The largest absolute Gasteiger partial charge is 0.356 e. The molecule has 2 N–H and O–H groups in total. The third-order valence-electron chi connectivity index (χ3n) is 3.80. The normalized spacial score (nSPS) is 11.3. The van der Waals surface area contributed by atoms with Gasteiger partial charge in [0, 0.05) is 17.9 Å². The highest BCUT2D eigenvalue weighted by molar-refractivity contribution is 7.99. The molecule has 0 saturated heterocycles. The number of carbonyl (C=O) groups is 1. The van der Waals surface area contributed by atoms with Crippen molar-refractivity contribution in [2.24, 2.45) is 0 Å². The number of carbonyl (C=O) groups excluding carboxylic acids is 1. The minimum atomic E-state index is -3.42. The number of aryl methyl sites for hydroxylation is 1. The number of sulfonamides is 1. The number of nitrogens with one attached hydrogen (secondary N) is 2. The van der Waals surface area contributed by atoms with Crippen LogP contribution in [0.5, 0.6) is 0 Å². The van der Waals surface area contributed by atoms with Gasteiger partial charge in [-0.15, -0.1) is 11.8 Å². The van der Waals surface area contributed by atoms with Gasteiger partial charge < -0.3 is 5.32 Å². The van der Waals surface area contributed by atoms with Gasteiger partial charge in [-0.25, -0.2) is 13.1 Å².